The number of benzene rings is 2. The number of rotatable bonds is 3. The molecule has 0 radical (unpaired) electrons. The van der Waals surface area contributed by atoms with Gasteiger partial charge in [-0.3, -0.25) is 0 Å². The molecular formula is C15H14O3. The van der Waals surface area contributed by atoms with Gasteiger partial charge in [0, 0.05) is 16.5 Å². The fraction of sp³-hybridized carbons (Fsp3) is 0.133. The van der Waals surface area contributed by atoms with Gasteiger partial charge < -0.3 is 10.2 Å². The maximum atomic E-state index is 11.0. The first kappa shape index (κ1) is 12.2. The van der Waals surface area contributed by atoms with E-state index in [9.17, 15) is 9.90 Å². The Morgan fingerprint density at radius 1 is 1.22 bits per heavy atom. The zero-order valence-corrected chi connectivity index (χ0v) is 10.1. The quantitative estimate of drug-likeness (QED) is 0.811. The maximum absolute atomic E-state index is 11.0. The second-order valence-corrected chi connectivity index (χ2v) is 4.05. The lowest BCUT2D eigenvalue weighted by Crippen LogP contribution is -1.98. The van der Waals surface area contributed by atoms with E-state index in [0.29, 0.717) is 12.0 Å². The third-order valence-electron chi connectivity index (χ3n) is 2.92. The molecule has 0 spiro atoms. The van der Waals surface area contributed by atoms with Crippen LogP contribution in [-0.2, 0) is 4.79 Å². The van der Waals surface area contributed by atoms with Gasteiger partial charge in [-0.15, -0.1) is 0 Å². The van der Waals surface area contributed by atoms with Crippen molar-refractivity contribution < 1.29 is 15.0 Å². The molecule has 18 heavy (non-hydrogen) atoms. The number of hydrogen-bond donors (Lipinski definition) is 2. The molecule has 0 bridgehead atoms. The van der Waals surface area contributed by atoms with Crippen LogP contribution < -0.4 is 0 Å². The Morgan fingerprint density at radius 3 is 2.61 bits per heavy atom. The van der Waals surface area contributed by atoms with E-state index in [1.54, 1.807) is 13.0 Å². The van der Waals surface area contributed by atoms with Crippen molar-refractivity contribution in [2.75, 3.05) is 0 Å². The molecule has 0 fully saturated rings. The second-order valence-electron chi connectivity index (χ2n) is 4.05. The number of fused-ring (bicyclic) bond motifs is 1. The normalized spacial score (nSPS) is 11.7. The third-order valence-corrected chi connectivity index (χ3v) is 2.92. The third kappa shape index (κ3) is 2.20. The van der Waals surface area contributed by atoms with Gasteiger partial charge in [0.15, 0.2) is 0 Å². The molecule has 2 aromatic carbocycles. The van der Waals surface area contributed by atoms with Gasteiger partial charge in [0.1, 0.15) is 5.75 Å². The average molecular weight is 242 g/mol. The fourth-order valence-electron chi connectivity index (χ4n) is 1.89. The van der Waals surface area contributed by atoms with Crippen molar-refractivity contribution in [3.05, 3.63) is 47.5 Å². The molecule has 0 saturated carbocycles. The molecule has 3 heteroatoms. The minimum absolute atomic E-state index is 0.125. The molecule has 3 nitrogen and oxygen atoms in total. The number of hydrogen-bond acceptors (Lipinski definition) is 2. The minimum Gasteiger partial charge on any atom is -0.507 e. The van der Waals surface area contributed by atoms with E-state index >= 15 is 0 Å². The first-order valence-electron chi connectivity index (χ1n) is 5.78. The van der Waals surface area contributed by atoms with Crippen molar-refractivity contribution in [3.63, 3.8) is 0 Å². The Bertz CT molecular complexity index is 627. The standard InChI is InChI=1S/C15H14O3/c1-2-10(15(17)18)9-12-8-7-11-5-3-4-6-13(11)14(12)16/h3-9,16H,2H2,1H3,(H,17,18)/b10-9+. The Labute approximate surface area is 105 Å². The summed E-state index contributed by atoms with van der Waals surface area (Å²) >= 11 is 0. The Hall–Kier alpha value is -2.29. The SMILES string of the molecule is CC/C(=C\c1ccc2ccccc2c1O)C(=O)O. The number of phenols is 1. The number of carbonyl (C=O) groups is 1. The minimum atomic E-state index is -0.954. The largest absolute Gasteiger partial charge is 0.507 e. The molecular weight excluding hydrogens is 228 g/mol. The van der Waals surface area contributed by atoms with Crippen LogP contribution >= 0.6 is 0 Å². The van der Waals surface area contributed by atoms with E-state index in [0.717, 1.165) is 10.8 Å². The van der Waals surface area contributed by atoms with Crippen LogP contribution in [-0.4, -0.2) is 16.2 Å². The lowest BCUT2D eigenvalue weighted by Gasteiger charge is -2.05. The summed E-state index contributed by atoms with van der Waals surface area (Å²) in [5.41, 5.74) is 0.813. The van der Waals surface area contributed by atoms with Crippen LogP contribution in [0.25, 0.3) is 16.8 Å². The summed E-state index contributed by atoms with van der Waals surface area (Å²) in [4.78, 5) is 11.0. The number of carboxylic acids is 1. The van der Waals surface area contributed by atoms with Crippen molar-refractivity contribution in [2.24, 2.45) is 0 Å². The van der Waals surface area contributed by atoms with Crippen LogP contribution in [0.2, 0.25) is 0 Å². The lowest BCUT2D eigenvalue weighted by atomic mass is 10.0. The summed E-state index contributed by atoms with van der Waals surface area (Å²) in [7, 11) is 0. The van der Waals surface area contributed by atoms with Gasteiger partial charge in [0.2, 0.25) is 0 Å². The smallest absolute Gasteiger partial charge is 0.331 e. The highest BCUT2D eigenvalue weighted by atomic mass is 16.4. The molecule has 2 rings (SSSR count). The highest BCUT2D eigenvalue weighted by Gasteiger charge is 2.08. The first-order valence-corrected chi connectivity index (χ1v) is 5.78. The molecule has 0 heterocycles. The zero-order valence-electron chi connectivity index (χ0n) is 10.1. The second kappa shape index (κ2) is 4.92. The average Bonchev–Trinajstić information content (AvgIpc) is 2.38. The number of carboxylic acid groups (broad SMARTS) is 1. The molecule has 0 aromatic heterocycles. The van der Waals surface area contributed by atoms with Crippen molar-refractivity contribution in [3.8, 4) is 5.75 Å². The molecule has 92 valence electrons. The maximum Gasteiger partial charge on any atom is 0.331 e. The van der Waals surface area contributed by atoms with Gasteiger partial charge in [-0.05, 0) is 17.9 Å². The fourth-order valence-corrected chi connectivity index (χ4v) is 1.89. The molecule has 0 saturated heterocycles. The van der Waals surface area contributed by atoms with Gasteiger partial charge in [0.05, 0.1) is 0 Å². The van der Waals surface area contributed by atoms with E-state index in [4.69, 9.17) is 5.11 Å². The molecule has 0 aliphatic heterocycles. The highest BCUT2D eigenvalue weighted by molar-refractivity contribution is 5.96. The summed E-state index contributed by atoms with van der Waals surface area (Å²) in [5, 5.41) is 20.8. The molecule has 2 N–H and O–H groups in total. The summed E-state index contributed by atoms with van der Waals surface area (Å²) in [6.45, 7) is 1.78. The Kier molecular flexibility index (Phi) is 3.33. The van der Waals surface area contributed by atoms with E-state index in [1.807, 2.05) is 30.3 Å². The molecule has 0 atom stereocenters. The number of aromatic hydroxyl groups is 1. The predicted molar refractivity (Wildman–Crippen MR) is 71.5 cm³/mol. The van der Waals surface area contributed by atoms with Crippen molar-refractivity contribution >= 4 is 22.8 Å². The summed E-state index contributed by atoms with van der Waals surface area (Å²) in [6, 6.07) is 11.1. The number of phenolic OH excluding ortho intramolecular Hbond substituents is 1. The zero-order chi connectivity index (χ0) is 13.1. The monoisotopic (exact) mass is 242 g/mol. The van der Waals surface area contributed by atoms with E-state index in [1.165, 1.54) is 6.08 Å². The van der Waals surface area contributed by atoms with Crippen LogP contribution in [0.3, 0.4) is 0 Å². The van der Waals surface area contributed by atoms with Gasteiger partial charge in [-0.1, -0.05) is 43.3 Å². The lowest BCUT2D eigenvalue weighted by molar-refractivity contribution is -0.132. The highest BCUT2D eigenvalue weighted by Crippen LogP contribution is 2.30. The summed E-state index contributed by atoms with van der Waals surface area (Å²) in [5.74, 6) is -0.828. The topological polar surface area (TPSA) is 57.5 Å². The molecule has 0 amide bonds. The van der Waals surface area contributed by atoms with Gasteiger partial charge in [-0.25, -0.2) is 4.79 Å². The summed E-state index contributed by atoms with van der Waals surface area (Å²) in [6.07, 6.45) is 1.94. The van der Waals surface area contributed by atoms with Crippen LogP contribution in [0.1, 0.15) is 18.9 Å². The van der Waals surface area contributed by atoms with Crippen molar-refractivity contribution in [2.45, 2.75) is 13.3 Å². The van der Waals surface area contributed by atoms with E-state index < -0.39 is 5.97 Å². The molecule has 0 aliphatic carbocycles. The predicted octanol–water partition coefficient (Wildman–Crippen LogP) is 3.42. The first-order chi connectivity index (χ1) is 8.63. The Balaban J connectivity index is 2.59. The van der Waals surface area contributed by atoms with Crippen molar-refractivity contribution in [1.82, 2.24) is 0 Å². The Morgan fingerprint density at radius 2 is 1.94 bits per heavy atom. The van der Waals surface area contributed by atoms with Crippen LogP contribution in [0, 0.1) is 0 Å². The van der Waals surface area contributed by atoms with E-state index in [2.05, 4.69) is 0 Å². The number of aliphatic carboxylic acids is 1. The van der Waals surface area contributed by atoms with Gasteiger partial charge >= 0.3 is 5.97 Å². The van der Waals surface area contributed by atoms with E-state index in [-0.39, 0.29) is 11.3 Å². The molecule has 0 unspecified atom stereocenters. The summed E-state index contributed by atoms with van der Waals surface area (Å²) < 4.78 is 0. The van der Waals surface area contributed by atoms with Crippen LogP contribution in [0.15, 0.2) is 42.0 Å². The molecule has 2 aromatic rings. The van der Waals surface area contributed by atoms with Gasteiger partial charge in [-0.2, -0.15) is 0 Å². The van der Waals surface area contributed by atoms with Crippen molar-refractivity contribution in [1.29, 1.82) is 0 Å². The van der Waals surface area contributed by atoms with Crippen LogP contribution in [0.4, 0.5) is 0 Å². The molecule has 0 aliphatic rings. The van der Waals surface area contributed by atoms with Crippen LogP contribution in [0.5, 0.6) is 5.75 Å². The van der Waals surface area contributed by atoms with Gasteiger partial charge in [0.25, 0.3) is 0 Å².